The van der Waals surface area contributed by atoms with Gasteiger partial charge in [-0.3, -0.25) is 4.79 Å². The van der Waals surface area contributed by atoms with Crippen molar-refractivity contribution in [2.24, 2.45) is 0 Å². The van der Waals surface area contributed by atoms with Crippen molar-refractivity contribution in [2.45, 2.75) is 18.2 Å². The van der Waals surface area contributed by atoms with Crippen molar-refractivity contribution in [3.8, 4) is 0 Å². The van der Waals surface area contributed by atoms with Gasteiger partial charge in [-0.1, -0.05) is 13.0 Å². The molecule has 0 atom stereocenters. The average molecular weight is 293 g/mol. The number of aliphatic carboxylic acids is 1. The third-order valence-electron chi connectivity index (χ3n) is 2.44. The first-order valence-corrected chi connectivity index (χ1v) is 6.90. The first-order valence-electron chi connectivity index (χ1n) is 5.46. The lowest BCUT2D eigenvalue weighted by molar-refractivity contribution is -0.137. The van der Waals surface area contributed by atoms with Crippen LogP contribution < -0.4 is 0 Å². The highest BCUT2D eigenvalue weighted by Gasteiger charge is 2.29. The number of rotatable bonds is 6. The van der Waals surface area contributed by atoms with E-state index in [0.29, 0.717) is 0 Å². The van der Waals surface area contributed by atoms with Gasteiger partial charge >= 0.3 is 5.97 Å². The van der Waals surface area contributed by atoms with E-state index in [0.717, 1.165) is 22.5 Å². The average Bonchev–Trinajstić information content (AvgIpc) is 2.28. The molecule has 0 saturated heterocycles. The number of hydrogen-bond acceptors (Lipinski definition) is 3. The molecule has 0 saturated carbocycles. The van der Waals surface area contributed by atoms with Gasteiger partial charge in [-0.05, 0) is 12.1 Å². The molecule has 0 heterocycles. The van der Waals surface area contributed by atoms with Crippen LogP contribution in [0.4, 0.5) is 8.78 Å². The van der Waals surface area contributed by atoms with Crippen molar-refractivity contribution in [1.82, 2.24) is 4.31 Å². The summed E-state index contributed by atoms with van der Waals surface area (Å²) in [4.78, 5) is 9.39. The lowest BCUT2D eigenvalue weighted by atomic mass is 10.3. The number of hydrogen-bond donors (Lipinski definition) is 1. The zero-order valence-corrected chi connectivity index (χ0v) is 11.0. The second-order valence-corrected chi connectivity index (χ2v) is 5.57. The van der Waals surface area contributed by atoms with E-state index >= 15 is 0 Å². The molecule has 0 aliphatic heterocycles. The number of benzene rings is 1. The van der Waals surface area contributed by atoms with Crippen molar-refractivity contribution < 1.29 is 27.1 Å². The largest absolute Gasteiger partial charge is 0.481 e. The fourth-order valence-electron chi connectivity index (χ4n) is 1.53. The summed E-state index contributed by atoms with van der Waals surface area (Å²) in [5.74, 6) is -3.59. The molecule has 0 aliphatic rings. The van der Waals surface area contributed by atoms with Gasteiger partial charge in [0.2, 0.25) is 10.0 Å². The van der Waals surface area contributed by atoms with Crippen LogP contribution in [0.2, 0.25) is 0 Å². The van der Waals surface area contributed by atoms with Crippen molar-refractivity contribution >= 4 is 16.0 Å². The highest BCUT2D eigenvalue weighted by molar-refractivity contribution is 7.89. The Morgan fingerprint density at radius 2 is 1.84 bits per heavy atom. The first-order chi connectivity index (χ1) is 8.80. The second kappa shape index (κ2) is 6.07. The summed E-state index contributed by atoms with van der Waals surface area (Å²) in [5, 5.41) is 8.53. The van der Waals surface area contributed by atoms with Gasteiger partial charge in [-0.25, -0.2) is 17.2 Å². The van der Waals surface area contributed by atoms with Gasteiger partial charge in [0.1, 0.15) is 11.6 Å². The Hall–Kier alpha value is -1.54. The molecule has 1 rings (SSSR count). The van der Waals surface area contributed by atoms with E-state index in [9.17, 15) is 22.0 Å². The number of halogens is 2. The van der Waals surface area contributed by atoms with Gasteiger partial charge in [-0.15, -0.1) is 0 Å². The Balaban J connectivity index is 3.17. The molecule has 0 aromatic heterocycles. The zero-order chi connectivity index (χ0) is 14.6. The minimum absolute atomic E-state index is 0.0800. The summed E-state index contributed by atoms with van der Waals surface area (Å²) in [6.07, 6.45) is -0.441. The highest BCUT2D eigenvalue weighted by atomic mass is 32.2. The van der Waals surface area contributed by atoms with E-state index in [1.165, 1.54) is 6.92 Å². The maximum Gasteiger partial charge on any atom is 0.304 e. The third kappa shape index (κ3) is 3.48. The maximum atomic E-state index is 13.5. The Labute approximate surface area is 109 Å². The van der Waals surface area contributed by atoms with Gasteiger partial charge in [0.25, 0.3) is 0 Å². The number of carboxylic acid groups (broad SMARTS) is 1. The van der Waals surface area contributed by atoms with Crippen LogP contribution in [0.3, 0.4) is 0 Å². The van der Waals surface area contributed by atoms with E-state index in [1.807, 2.05) is 0 Å². The third-order valence-corrected chi connectivity index (χ3v) is 4.47. The van der Waals surface area contributed by atoms with Crippen molar-refractivity contribution in [2.75, 3.05) is 13.1 Å². The van der Waals surface area contributed by atoms with E-state index in [-0.39, 0.29) is 13.1 Å². The van der Waals surface area contributed by atoms with Crippen LogP contribution in [0.1, 0.15) is 13.3 Å². The Kier molecular flexibility index (Phi) is 4.96. The van der Waals surface area contributed by atoms with Crippen LogP contribution in [0.25, 0.3) is 0 Å². The lowest BCUT2D eigenvalue weighted by Crippen LogP contribution is -2.34. The molecule has 1 aromatic carbocycles. The summed E-state index contributed by atoms with van der Waals surface area (Å²) < 4.78 is 51.8. The van der Waals surface area contributed by atoms with Crippen LogP contribution in [-0.2, 0) is 14.8 Å². The summed E-state index contributed by atoms with van der Waals surface area (Å²) >= 11 is 0. The van der Waals surface area contributed by atoms with Crippen LogP contribution >= 0.6 is 0 Å². The maximum absolute atomic E-state index is 13.5. The number of sulfonamides is 1. The Bertz CT molecular complexity index is 554. The van der Waals surface area contributed by atoms with Gasteiger partial charge in [0, 0.05) is 13.1 Å². The van der Waals surface area contributed by atoms with Crippen molar-refractivity contribution in [1.29, 1.82) is 0 Å². The first kappa shape index (κ1) is 15.5. The van der Waals surface area contributed by atoms with Crippen molar-refractivity contribution in [3.63, 3.8) is 0 Å². The van der Waals surface area contributed by atoms with E-state index in [1.54, 1.807) is 0 Å². The van der Waals surface area contributed by atoms with Gasteiger partial charge in [0.15, 0.2) is 4.90 Å². The SMILES string of the molecule is CCN(CCC(=O)O)S(=O)(=O)c1c(F)cccc1F. The molecule has 0 bridgehead atoms. The fourth-order valence-corrected chi connectivity index (χ4v) is 3.09. The molecule has 106 valence electrons. The van der Waals surface area contributed by atoms with Crippen LogP contribution in [-0.4, -0.2) is 36.9 Å². The van der Waals surface area contributed by atoms with Crippen LogP contribution in [0.5, 0.6) is 0 Å². The van der Waals surface area contributed by atoms with E-state index in [2.05, 4.69) is 0 Å². The highest BCUT2D eigenvalue weighted by Crippen LogP contribution is 2.22. The predicted molar refractivity (Wildman–Crippen MR) is 63.0 cm³/mol. The van der Waals surface area contributed by atoms with Crippen LogP contribution in [0.15, 0.2) is 23.1 Å². The topological polar surface area (TPSA) is 74.7 Å². The molecule has 0 fully saturated rings. The van der Waals surface area contributed by atoms with E-state index in [4.69, 9.17) is 5.11 Å². The molecule has 0 amide bonds. The lowest BCUT2D eigenvalue weighted by Gasteiger charge is -2.20. The molecule has 19 heavy (non-hydrogen) atoms. The van der Waals surface area contributed by atoms with Gasteiger partial charge in [0.05, 0.1) is 6.42 Å². The fraction of sp³-hybridized carbons (Fsp3) is 0.364. The monoisotopic (exact) mass is 293 g/mol. The standard InChI is InChI=1S/C11H13F2NO4S/c1-2-14(7-6-10(15)16)19(17,18)11-8(12)4-3-5-9(11)13/h3-5H,2,6-7H2,1H3,(H,15,16). The predicted octanol–water partition coefficient (Wildman–Crippen LogP) is 1.45. The molecule has 0 aliphatic carbocycles. The normalized spacial score (nSPS) is 11.8. The molecule has 0 unspecified atom stereocenters. The van der Waals surface area contributed by atoms with Crippen molar-refractivity contribution in [3.05, 3.63) is 29.8 Å². The summed E-state index contributed by atoms with van der Waals surface area (Å²) in [6.45, 7) is 1.03. The minimum Gasteiger partial charge on any atom is -0.481 e. The number of carboxylic acids is 1. The summed E-state index contributed by atoms with van der Waals surface area (Å²) in [7, 11) is -4.39. The Morgan fingerprint density at radius 3 is 2.26 bits per heavy atom. The molecule has 5 nitrogen and oxygen atoms in total. The Morgan fingerprint density at radius 1 is 1.32 bits per heavy atom. The van der Waals surface area contributed by atoms with Gasteiger partial charge < -0.3 is 5.11 Å². The van der Waals surface area contributed by atoms with Crippen LogP contribution in [0, 0.1) is 11.6 Å². The van der Waals surface area contributed by atoms with E-state index < -0.39 is 38.9 Å². The minimum atomic E-state index is -4.39. The molecular weight excluding hydrogens is 280 g/mol. The smallest absolute Gasteiger partial charge is 0.304 e. The molecule has 1 N–H and O–H groups in total. The molecular formula is C11H13F2NO4S. The summed E-state index contributed by atoms with van der Waals surface area (Å²) in [5.41, 5.74) is 0. The number of nitrogens with zero attached hydrogens (tertiary/aromatic N) is 1. The summed E-state index contributed by atoms with van der Waals surface area (Å²) in [6, 6.07) is 2.72. The molecule has 1 aromatic rings. The molecule has 8 heteroatoms. The molecule has 0 spiro atoms. The zero-order valence-electron chi connectivity index (χ0n) is 10.1. The quantitative estimate of drug-likeness (QED) is 0.861. The molecule has 0 radical (unpaired) electrons. The second-order valence-electron chi connectivity index (χ2n) is 3.69. The van der Waals surface area contributed by atoms with Gasteiger partial charge in [-0.2, -0.15) is 4.31 Å². The number of carbonyl (C=O) groups is 1.